The van der Waals surface area contributed by atoms with Crippen molar-refractivity contribution in [2.75, 3.05) is 7.11 Å². The zero-order valence-electron chi connectivity index (χ0n) is 11.4. The summed E-state index contributed by atoms with van der Waals surface area (Å²) in [6.45, 7) is 2.52. The van der Waals surface area contributed by atoms with E-state index in [-0.39, 0.29) is 11.8 Å². The van der Waals surface area contributed by atoms with Crippen molar-refractivity contribution in [1.29, 1.82) is 0 Å². The molecule has 106 valence electrons. The highest BCUT2D eigenvalue weighted by Crippen LogP contribution is 2.33. The Labute approximate surface area is 123 Å². The molecule has 0 unspecified atom stereocenters. The molecule has 1 aromatic carbocycles. The van der Waals surface area contributed by atoms with Gasteiger partial charge in [0.25, 0.3) is 0 Å². The Morgan fingerprint density at radius 1 is 1.45 bits per heavy atom. The van der Waals surface area contributed by atoms with Crippen molar-refractivity contribution >= 4 is 11.6 Å². The minimum absolute atomic E-state index is 0.114. The predicted molar refractivity (Wildman–Crippen MR) is 79.2 cm³/mol. The molecule has 2 N–H and O–H groups in total. The summed E-state index contributed by atoms with van der Waals surface area (Å²) in [5, 5.41) is 13.9. The monoisotopic (exact) mass is 292 g/mol. The molecule has 0 spiro atoms. The van der Waals surface area contributed by atoms with Crippen LogP contribution in [0.4, 0.5) is 0 Å². The molecule has 1 aromatic heterocycles. The predicted octanol–water partition coefficient (Wildman–Crippen LogP) is 3.30. The summed E-state index contributed by atoms with van der Waals surface area (Å²) in [6, 6.07) is 7.33. The van der Waals surface area contributed by atoms with Crippen LogP contribution in [0.15, 0.2) is 36.7 Å². The summed E-state index contributed by atoms with van der Waals surface area (Å²) in [6.07, 6.45) is 3.56. The summed E-state index contributed by atoms with van der Waals surface area (Å²) < 4.78 is 5.09. The summed E-state index contributed by atoms with van der Waals surface area (Å²) in [5.74, 6) is 0.492. The molecule has 0 amide bonds. The van der Waals surface area contributed by atoms with E-state index in [0.717, 1.165) is 5.56 Å². The number of hydrogen-bond acceptors (Lipinski definition) is 4. The number of hydrogen-bond donors (Lipinski definition) is 2. The van der Waals surface area contributed by atoms with Crippen LogP contribution in [0.1, 0.15) is 24.1 Å². The number of aromatic hydroxyl groups is 1. The lowest BCUT2D eigenvalue weighted by Gasteiger charge is -2.15. The van der Waals surface area contributed by atoms with Gasteiger partial charge in [0, 0.05) is 41.6 Å². The van der Waals surface area contributed by atoms with Crippen LogP contribution in [0.5, 0.6) is 11.5 Å². The molecule has 2 rings (SSSR count). The van der Waals surface area contributed by atoms with E-state index >= 15 is 0 Å². The lowest BCUT2D eigenvalue weighted by Crippen LogP contribution is -2.18. The molecular weight excluding hydrogens is 276 g/mol. The van der Waals surface area contributed by atoms with Crippen molar-refractivity contribution < 1.29 is 9.84 Å². The molecule has 0 aliphatic heterocycles. The fourth-order valence-electron chi connectivity index (χ4n) is 1.93. The topological polar surface area (TPSA) is 54.4 Å². The molecule has 1 heterocycles. The summed E-state index contributed by atoms with van der Waals surface area (Å²) in [4.78, 5) is 4.09. The molecule has 0 aliphatic carbocycles. The Morgan fingerprint density at radius 2 is 2.25 bits per heavy atom. The number of aromatic nitrogens is 1. The Balaban J connectivity index is 2.09. The number of benzene rings is 1. The first-order chi connectivity index (χ1) is 9.61. The molecular formula is C15H17ClN2O2. The number of phenols is 1. The second-order valence-electron chi connectivity index (χ2n) is 4.50. The molecule has 20 heavy (non-hydrogen) atoms. The third-order valence-corrected chi connectivity index (χ3v) is 3.34. The van der Waals surface area contributed by atoms with Crippen molar-refractivity contribution in [3.8, 4) is 11.5 Å². The van der Waals surface area contributed by atoms with Crippen LogP contribution in [-0.2, 0) is 6.54 Å². The SMILES string of the molecule is COc1cc(Cl)cc(CN[C@H](C)c2cccnc2)c1O. The second-order valence-corrected chi connectivity index (χ2v) is 4.94. The third-order valence-electron chi connectivity index (χ3n) is 3.12. The Hall–Kier alpha value is -1.78. The Kier molecular flexibility index (Phi) is 4.82. The smallest absolute Gasteiger partial charge is 0.162 e. The highest BCUT2D eigenvalue weighted by molar-refractivity contribution is 6.30. The van der Waals surface area contributed by atoms with E-state index in [4.69, 9.17) is 16.3 Å². The molecule has 5 heteroatoms. The lowest BCUT2D eigenvalue weighted by atomic mass is 10.1. The van der Waals surface area contributed by atoms with Gasteiger partial charge in [0.1, 0.15) is 0 Å². The zero-order valence-corrected chi connectivity index (χ0v) is 12.2. The number of nitrogens with one attached hydrogen (secondary N) is 1. The summed E-state index contributed by atoms with van der Waals surface area (Å²) in [7, 11) is 1.50. The van der Waals surface area contributed by atoms with Crippen LogP contribution >= 0.6 is 11.6 Å². The molecule has 0 saturated heterocycles. The number of phenolic OH excluding ortho intramolecular Hbond substituents is 1. The number of ether oxygens (including phenoxy) is 1. The highest BCUT2D eigenvalue weighted by atomic mass is 35.5. The Morgan fingerprint density at radius 3 is 2.90 bits per heavy atom. The maximum absolute atomic E-state index is 10.1. The van der Waals surface area contributed by atoms with Crippen LogP contribution < -0.4 is 10.1 Å². The van der Waals surface area contributed by atoms with Crippen LogP contribution in [-0.4, -0.2) is 17.2 Å². The standard InChI is InChI=1S/C15H17ClN2O2/c1-10(11-4-3-5-17-8-11)18-9-12-6-13(16)7-14(20-2)15(12)19/h3-8,10,18-19H,9H2,1-2H3/t10-/m1/s1. The Bertz CT molecular complexity index is 576. The minimum atomic E-state index is 0.114. The van der Waals surface area contributed by atoms with Crippen molar-refractivity contribution in [1.82, 2.24) is 10.3 Å². The maximum Gasteiger partial charge on any atom is 0.162 e. The van der Waals surface area contributed by atoms with Gasteiger partial charge in [-0.05, 0) is 24.6 Å². The van der Waals surface area contributed by atoms with Crippen molar-refractivity contribution in [3.63, 3.8) is 0 Å². The molecule has 0 aliphatic rings. The molecule has 0 radical (unpaired) electrons. The molecule has 2 aromatic rings. The maximum atomic E-state index is 10.1. The minimum Gasteiger partial charge on any atom is -0.504 e. The van der Waals surface area contributed by atoms with Gasteiger partial charge in [0.15, 0.2) is 11.5 Å². The van der Waals surface area contributed by atoms with Crippen LogP contribution in [0.25, 0.3) is 0 Å². The summed E-state index contributed by atoms with van der Waals surface area (Å²) >= 11 is 6.00. The van der Waals surface area contributed by atoms with E-state index in [2.05, 4.69) is 10.3 Å². The largest absolute Gasteiger partial charge is 0.504 e. The van der Waals surface area contributed by atoms with E-state index in [1.54, 1.807) is 18.3 Å². The molecule has 1 atom stereocenters. The normalized spacial score (nSPS) is 12.2. The van der Waals surface area contributed by atoms with E-state index < -0.39 is 0 Å². The van der Waals surface area contributed by atoms with Gasteiger partial charge in [0.2, 0.25) is 0 Å². The fourth-order valence-corrected chi connectivity index (χ4v) is 2.16. The van der Waals surface area contributed by atoms with Gasteiger partial charge >= 0.3 is 0 Å². The average molecular weight is 293 g/mol. The highest BCUT2D eigenvalue weighted by Gasteiger charge is 2.11. The first-order valence-electron chi connectivity index (χ1n) is 6.30. The molecule has 0 bridgehead atoms. The van der Waals surface area contributed by atoms with Crippen LogP contribution in [0, 0.1) is 0 Å². The molecule has 0 fully saturated rings. The van der Waals surface area contributed by atoms with Gasteiger partial charge in [-0.25, -0.2) is 0 Å². The average Bonchev–Trinajstić information content (AvgIpc) is 2.48. The van der Waals surface area contributed by atoms with Crippen LogP contribution in [0.3, 0.4) is 0 Å². The molecule has 4 nitrogen and oxygen atoms in total. The summed E-state index contributed by atoms with van der Waals surface area (Å²) in [5.41, 5.74) is 1.78. The van der Waals surface area contributed by atoms with Gasteiger partial charge < -0.3 is 15.2 Å². The van der Waals surface area contributed by atoms with E-state index in [1.165, 1.54) is 7.11 Å². The van der Waals surface area contributed by atoms with E-state index in [1.807, 2.05) is 25.3 Å². The third kappa shape index (κ3) is 3.40. The second kappa shape index (κ2) is 6.59. The number of nitrogens with zero attached hydrogens (tertiary/aromatic N) is 1. The van der Waals surface area contributed by atoms with Gasteiger partial charge in [-0.15, -0.1) is 0 Å². The molecule has 0 saturated carbocycles. The first kappa shape index (κ1) is 14.6. The van der Waals surface area contributed by atoms with Gasteiger partial charge in [0.05, 0.1) is 7.11 Å². The first-order valence-corrected chi connectivity index (χ1v) is 6.68. The lowest BCUT2D eigenvalue weighted by molar-refractivity contribution is 0.369. The fraction of sp³-hybridized carbons (Fsp3) is 0.267. The van der Waals surface area contributed by atoms with Crippen LogP contribution in [0.2, 0.25) is 5.02 Å². The van der Waals surface area contributed by atoms with Crippen molar-refractivity contribution in [2.24, 2.45) is 0 Å². The van der Waals surface area contributed by atoms with Gasteiger partial charge in [-0.2, -0.15) is 0 Å². The number of methoxy groups -OCH3 is 1. The number of halogens is 1. The van der Waals surface area contributed by atoms with Crippen molar-refractivity contribution in [3.05, 3.63) is 52.8 Å². The van der Waals surface area contributed by atoms with E-state index in [0.29, 0.717) is 22.9 Å². The number of rotatable bonds is 5. The van der Waals surface area contributed by atoms with Gasteiger partial charge in [-0.3, -0.25) is 4.98 Å². The quantitative estimate of drug-likeness (QED) is 0.888. The van der Waals surface area contributed by atoms with Gasteiger partial charge in [-0.1, -0.05) is 17.7 Å². The zero-order chi connectivity index (χ0) is 14.5. The van der Waals surface area contributed by atoms with E-state index in [9.17, 15) is 5.11 Å². The number of pyridine rings is 1. The van der Waals surface area contributed by atoms with Crippen molar-refractivity contribution in [2.45, 2.75) is 19.5 Å².